The standard InChI is InChI=1S/C17H25FN2O3Si/c1-17(2,3)24(5,6)23-10-13(21)15-11(18)7-8-12-16(15)20-14(22-4)9-19-12/h7-9,13,21H,10H2,1-6H3/t13-/m0/s1. The van der Waals surface area contributed by atoms with Gasteiger partial charge >= 0.3 is 0 Å². The molecule has 0 aliphatic heterocycles. The number of nitrogens with zero attached hydrogens (tertiary/aromatic N) is 2. The summed E-state index contributed by atoms with van der Waals surface area (Å²) < 4.78 is 25.4. The summed E-state index contributed by atoms with van der Waals surface area (Å²) in [6.45, 7) is 10.5. The van der Waals surface area contributed by atoms with Crippen molar-refractivity contribution in [3.8, 4) is 5.88 Å². The summed E-state index contributed by atoms with van der Waals surface area (Å²) in [5.41, 5.74) is 0.886. The number of hydrogen-bond acceptors (Lipinski definition) is 5. The molecule has 0 spiro atoms. The Morgan fingerprint density at radius 3 is 2.54 bits per heavy atom. The van der Waals surface area contributed by atoms with E-state index in [9.17, 15) is 9.50 Å². The Kier molecular flexibility index (Phi) is 5.27. The number of hydrogen-bond donors (Lipinski definition) is 1. The molecule has 0 saturated heterocycles. The summed E-state index contributed by atoms with van der Waals surface area (Å²) in [5, 5.41) is 10.5. The van der Waals surface area contributed by atoms with Crippen LogP contribution in [-0.2, 0) is 4.43 Å². The molecule has 5 nitrogen and oxygen atoms in total. The van der Waals surface area contributed by atoms with Crippen LogP contribution < -0.4 is 4.74 Å². The lowest BCUT2D eigenvalue weighted by Crippen LogP contribution is -2.41. The molecule has 0 saturated carbocycles. The van der Waals surface area contributed by atoms with Gasteiger partial charge in [0.25, 0.3) is 0 Å². The molecule has 0 aliphatic carbocycles. The quantitative estimate of drug-likeness (QED) is 0.829. The fourth-order valence-corrected chi connectivity index (χ4v) is 3.07. The number of fused-ring (bicyclic) bond motifs is 1. The topological polar surface area (TPSA) is 64.5 Å². The van der Waals surface area contributed by atoms with Gasteiger partial charge in [0.05, 0.1) is 25.4 Å². The van der Waals surface area contributed by atoms with Gasteiger partial charge in [0, 0.05) is 5.56 Å². The van der Waals surface area contributed by atoms with Crippen molar-refractivity contribution in [1.82, 2.24) is 9.97 Å². The number of methoxy groups -OCH3 is 1. The third-order valence-electron chi connectivity index (χ3n) is 4.63. The molecule has 0 aliphatic rings. The SMILES string of the molecule is COc1cnc2ccc(F)c([C@@H](O)CO[Si](C)(C)C(C)(C)C)c2n1. The largest absolute Gasteiger partial charge is 0.480 e. The Morgan fingerprint density at radius 2 is 1.96 bits per heavy atom. The maximum absolute atomic E-state index is 14.3. The first kappa shape index (κ1) is 18.8. The van der Waals surface area contributed by atoms with Gasteiger partial charge in [0.1, 0.15) is 17.4 Å². The van der Waals surface area contributed by atoms with Crippen molar-refractivity contribution in [2.75, 3.05) is 13.7 Å². The Balaban J connectivity index is 2.35. The number of halogens is 1. The van der Waals surface area contributed by atoms with Gasteiger partial charge in [-0.2, -0.15) is 0 Å². The Morgan fingerprint density at radius 1 is 1.29 bits per heavy atom. The van der Waals surface area contributed by atoms with E-state index in [1.807, 2.05) is 0 Å². The van der Waals surface area contributed by atoms with Crippen molar-refractivity contribution in [3.05, 3.63) is 29.7 Å². The van der Waals surface area contributed by atoms with Gasteiger partial charge in [-0.3, -0.25) is 0 Å². The predicted octanol–water partition coefficient (Wildman–Crippen LogP) is 3.83. The first-order chi connectivity index (χ1) is 11.1. The molecule has 1 heterocycles. The Labute approximate surface area is 143 Å². The van der Waals surface area contributed by atoms with Crippen molar-refractivity contribution in [2.45, 2.75) is 45.0 Å². The Bertz CT molecular complexity index is 732. The Hall–Kier alpha value is -1.57. The normalized spacial score (nSPS) is 14.0. The van der Waals surface area contributed by atoms with Gasteiger partial charge in [-0.15, -0.1) is 0 Å². The molecular weight excluding hydrogens is 327 g/mol. The van der Waals surface area contributed by atoms with Gasteiger partial charge < -0.3 is 14.3 Å². The van der Waals surface area contributed by atoms with Crippen molar-refractivity contribution in [3.63, 3.8) is 0 Å². The first-order valence-electron chi connectivity index (χ1n) is 7.88. The predicted molar refractivity (Wildman–Crippen MR) is 94.2 cm³/mol. The molecule has 0 bridgehead atoms. The maximum atomic E-state index is 14.3. The molecule has 0 unspecified atom stereocenters. The summed E-state index contributed by atoms with van der Waals surface area (Å²) in [4.78, 5) is 8.43. The van der Waals surface area contributed by atoms with Crippen molar-refractivity contribution >= 4 is 19.4 Å². The maximum Gasteiger partial charge on any atom is 0.232 e. The summed E-state index contributed by atoms with van der Waals surface area (Å²) in [5.74, 6) is -0.261. The molecule has 0 radical (unpaired) electrons. The van der Waals surface area contributed by atoms with E-state index in [1.165, 1.54) is 25.4 Å². The lowest BCUT2D eigenvalue weighted by molar-refractivity contribution is 0.0983. The van der Waals surface area contributed by atoms with E-state index in [0.29, 0.717) is 11.0 Å². The molecule has 24 heavy (non-hydrogen) atoms. The van der Waals surface area contributed by atoms with E-state index in [4.69, 9.17) is 9.16 Å². The van der Waals surface area contributed by atoms with Crippen LogP contribution in [0.3, 0.4) is 0 Å². The summed E-state index contributed by atoms with van der Waals surface area (Å²) in [6.07, 6.45) is 0.340. The highest BCUT2D eigenvalue weighted by Crippen LogP contribution is 2.37. The molecule has 1 aromatic heterocycles. The lowest BCUT2D eigenvalue weighted by Gasteiger charge is -2.36. The first-order valence-corrected chi connectivity index (χ1v) is 10.8. The molecule has 132 valence electrons. The van der Waals surface area contributed by atoms with Crippen LogP contribution in [-0.4, -0.2) is 37.1 Å². The van der Waals surface area contributed by atoms with Crippen LogP contribution in [0.25, 0.3) is 11.0 Å². The molecule has 2 rings (SSSR count). The monoisotopic (exact) mass is 352 g/mol. The van der Waals surface area contributed by atoms with E-state index in [-0.39, 0.29) is 23.1 Å². The van der Waals surface area contributed by atoms with Gasteiger partial charge in [0.2, 0.25) is 5.88 Å². The van der Waals surface area contributed by atoms with Gasteiger partial charge in [0.15, 0.2) is 8.32 Å². The second-order valence-corrected chi connectivity index (χ2v) is 12.1. The number of benzene rings is 1. The third-order valence-corrected chi connectivity index (χ3v) is 9.13. The highest BCUT2D eigenvalue weighted by atomic mass is 28.4. The molecule has 2 aromatic rings. The second-order valence-electron chi connectivity index (χ2n) is 7.33. The fourth-order valence-electron chi connectivity index (χ4n) is 2.06. The molecule has 1 aromatic carbocycles. The van der Waals surface area contributed by atoms with Crippen molar-refractivity contribution in [2.24, 2.45) is 0 Å². The van der Waals surface area contributed by atoms with Crippen LogP contribution in [0.2, 0.25) is 18.1 Å². The average Bonchev–Trinajstić information content (AvgIpc) is 2.50. The highest BCUT2D eigenvalue weighted by molar-refractivity contribution is 6.74. The van der Waals surface area contributed by atoms with Crippen molar-refractivity contribution < 1.29 is 18.7 Å². The van der Waals surface area contributed by atoms with Gasteiger partial charge in [-0.25, -0.2) is 14.4 Å². The summed E-state index contributed by atoms with van der Waals surface area (Å²) in [7, 11) is -0.582. The number of ether oxygens (including phenoxy) is 1. The molecule has 7 heteroatoms. The summed E-state index contributed by atoms with van der Waals surface area (Å²) in [6, 6.07) is 2.82. The number of aliphatic hydroxyl groups is 1. The number of aromatic nitrogens is 2. The zero-order valence-corrected chi connectivity index (χ0v) is 16.1. The zero-order valence-electron chi connectivity index (χ0n) is 15.1. The molecule has 1 atom stereocenters. The minimum atomic E-state index is -2.05. The molecule has 0 amide bonds. The smallest absolute Gasteiger partial charge is 0.232 e. The molecule has 1 N–H and O–H groups in total. The van der Waals surface area contributed by atoms with E-state index in [2.05, 4.69) is 43.8 Å². The van der Waals surface area contributed by atoms with E-state index in [0.717, 1.165) is 0 Å². The highest BCUT2D eigenvalue weighted by Gasteiger charge is 2.37. The average molecular weight is 352 g/mol. The minimum absolute atomic E-state index is 0.00699. The van der Waals surface area contributed by atoms with Crippen LogP contribution >= 0.6 is 0 Å². The van der Waals surface area contributed by atoms with Crippen LogP contribution in [0.1, 0.15) is 32.4 Å². The minimum Gasteiger partial charge on any atom is -0.480 e. The fraction of sp³-hybridized carbons (Fsp3) is 0.529. The van der Waals surface area contributed by atoms with E-state index < -0.39 is 20.2 Å². The lowest BCUT2D eigenvalue weighted by atomic mass is 10.1. The van der Waals surface area contributed by atoms with Crippen LogP contribution in [0.15, 0.2) is 18.3 Å². The van der Waals surface area contributed by atoms with E-state index >= 15 is 0 Å². The van der Waals surface area contributed by atoms with Crippen LogP contribution in [0.5, 0.6) is 5.88 Å². The molecule has 0 fully saturated rings. The number of aliphatic hydroxyl groups excluding tert-OH is 1. The van der Waals surface area contributed by atoms with E-state index in [1.54, 1.807) is 0 Å². The van der Waals surface area contributed by atoms with Crippen LogP contribution in [0.4, 0.5) is 4.39 Å². The third kappa shape index (κ3) is 3.74. The van der Waals surface area contributed by atoms with Crippen molar-refractivity contribution in [1.29, 1.82) is 0 Å². The second kappa shape index (κ2) is 6.74. The summed E-state index contributed by atoms with van der Waals surface area (Å²) >= 11 is 0. The molecular formula is C17H25FN2O3Si. The van der Waals surface area contributed by atoms with Gasteiger partial charge in [-0.1, -0.05) is 20.8 Å². The van der Waals surface area contributed by atoms with Crippen LogP contribution in [0, 0.1) is 5.82 Å². The van der Waals surface area contributed by atoms with Gasteiger partial charge in [-0.05, 0) is 30.3 Å². The number of rotatable bonds is 5. The zero-order chi connectivity index (χ0) is 18.1.